The van der Waals surface area contributed by atoms with Crippen LogP contribution in [0.2, 0.25) is 0 Å². The van der Waals surface area contributed by atoms with Crippen molar-refractivity contribution in [2.24, 2.45) is 0 Å². The van der Waals surface area contributed by atoms with Gasteiger partial charge in [0, 0.05) is 20.8 Å². The standard InChI is InChI=1S/C42H71N3O32/c1-10(50)43-19-27(58)34(18(9-67-65)68-37(19)64)74-39-21(45-12(3)52)28(59)33(16(7-49)72-39)75-41-32(63)35(76-40-31(62)29(60)23(54)14(5-47)70-40)25(56)17(73-41)8-66-42-36(30(61)24(55)15(6-48)71-42)77-38-20(44-11(2)51)26(57)22(53)13(4-46)69-38/h13-42,46-49,53-65H,4-9H2,1-3H3,(H,43,50)(H,44,51)(H,45,52)/t13-,14-,15-,16-,17-,18-,19-,20-,21-,22-,23-,24-,25-,26-,27-,28-,29+,30+,31+,32+,33-,34-,35+,36+,37-,38+,39+,40-,41+,42+/m1/s1. The van der Waals surface area contributed by atoms with Crippen LogP contribution in [0.3, 0.4) is 0 Å². The molecular weight excluding hydrogens is 1060 g/mol. The molecule has 0 unspecified atom stereocenters. The van der Waals surface area contributed by atoms with E-state index < -0.39 is 241 Å². The topological polar surface area (TPSA) is 542 Å². The molecule has 0 spiro atoms. The van der Waals surface area contributed by atoms with Crippen molar-refractivity contribution >= 4 is 17.7 Å². The minimum absolute atomic E-state index is 0.735. The van der Waals surface area contributed by atoms with Crippen molar-refractivity contribution in [2.45, 2.75) is 205 Å². The van der Waals surface area contributed by atoms with E-state index in [0.29, 0.717) is 0 Å². The molecule has 0 saturated carbocycles. The summed E-state index contributed by atoms with van der Waals surface area (Å²) in [5, 5.41) is 190. The van der Waals surface area contributed by atoms with E-state index in [4.69, 9.17) is 52.1 Å². The van der Waals surface area contributed by atoms with Gasteiger partial charge in [-0.1, -0.05) is 0 Å². The second-order valence-corrected chi connectivity index (χ2v) is 19.1. The maximum Gasteiger partial charge on any atom is 0.217 e. The monoisotopic (exact) mass is 1130 g/mol. The summed E-state index contributed by atoms with van der Waals surface area (Å²) in [5.74, 6) is -2.36. The molecule has 6 heterocycles. The summed E-state index contributed by atoms with van der Waals surface area (Å²) in [6, 6.07) is -4.98. The van der Waals surface area contributed by atoms with Crippen molar-refractivity contribution < 1.29 is 158 Å². The zero-order chi connectivity index (χ0) is 56.9. The average Bonchev–Trinajstić information content (AvgIpc) is 3.38. The molecular formula is C42H71N3O32. The lowest BCUT2D eigenvalue weighted by molar-refractivity contribution is -0.388. The highest BCUT2D eigenvalue weighted by molar-refractivity contribution is 5.74. The molecule has 3 amide bonds. The van der Waals surface area contributed by atoms with Crippen molar-refractivity contribution in [1.29, 1.82) is 0 Å². The van der Waals surface area contributed by atoms with Gasteiger partial charge in [0.05, 0.1) is 33.0 Å². The molecule has 6 fully saturated rings. The van der Waals surface area contributed by atoms with Crippen molar-refractivity contribution in [1.82, 2.24) is 16.0 Å². The summed E-state index contributed by atoms with van der Waals surface area (Å²) >= 11 is 0. The van der Waals surface area contributed by atoms with E-state index in [2.05, 4.69) is 20.8 Å². The van der Waals surface area contributed by atoms with Gasteiger partial charge in [-0.25, -0.2) is 4.89 Å². The van der Waals surface area contributed by atoms with Gasteiger partial charge in [-0.15, -0.1) is 0 Å². The third-order valence-electron chi connectivity index (χ3n) is 13.7. The van der Waals surface area contributed by atoms with Gasteiger partial charge in [0.1, 0.15) is 153 Å². The highest BCUT2D eigenvalue weighted by Gasteiger charge is 2.57. The fourth-order valence-corrected chi connectivity index (χ4v) is 9.66. The number of aliphatic hydroxyl groups is 16. The summed E-state index contributed by atoms with van der Waals surface area (Å²) in [5.41, 5.74) is 0. The maximum absolute atomic E-state index is 12.6. The number of amides is 3. The summed E-state index contributed by atoms with van der Waals surface area (Å²) < 4.78 is 63.7. The minimum Gasteiger partial charge on any atom is -0.394 e. The summed E-state index contributed by atoms with van der Waals surface area (Å²) in [4.78, 5) is 40.9. The van der Waals surface area contributed by atoms with Gasteiger partial charge < -0.3 is 150 Å². The van der Waals surface area contributed by atoms with Gasteiger partial charge >= 0.3 is 0 Å². The highest BCUT2D eigenvalue weighted by Crippen LogP contribution is 2.36. The first-order valence-corrected chi connectivity index (χ1v) is 24.3. The molecule has 6 saturated heterocycles. The van der Waals surface area contributed by atoms with E-state index in [1.807, 2.05) is 0 Å². The lowest BCUT2D eigenvalue weighted by Crippen LogP contribution is -2.70. The Hall–Kier alpha value is -2.75. The molecule has 30 atom stereocenters. The van der Waals surface area contributed by atoms with E-state index in [1.165, 1.54) is 0 Å². The van der Waals surface area contributed by atoms with E-state index >= 15 is 0 Å². The lowest BCUT2D eigenvalue weighted by Gasteiger charge is -2.50. The van der Waals surface area contributed by atoms with Crippen LogP contribution in [-0.2, 0) is 71.4 Å². The Balaban J connectivity index is 1.30. The number of ether oxygens (including phenoxy) is 11. The van der Waals surface area contributed by atoms with Crippen LogP contribution in [0.15, 0.2) is 0 Å². The van der Waals surface area contributed by atoms with Gasteiger partial charge in [-0.05, 0) is 0 Å². The largest absolute Gasteiger partial charge is 0.394 e. The zero-order valence-corrected chi connectivity index (χ0v) is 41.3. The Kier molecular flexibility index (Phi) is 22.9. The van der Waals surface area contributed by atoms with Crippen LogP contribution in [-0.4, -0.2) is 328 Å². The van der Waals surface area contributed by atoms with E-state index in [1.54, 1.807) is 0 Å². The molecule has 35 heteroatoms. The first kappa shape index (κ1) is 63.4. The van der Waals surface area contributed by atoms with Crippen LogP contribution in [0, 0.1) is 0 Å². The minimum atomic E-state index is -2.30. The first-order valence-electron chi connectivity index (χ1n) is 24.3. The SMILES string of the molecule is CC(=O)N[C@@H]1[C@@H](O)[C@H](O[C@@H]2O[C@H](CO)[C@@H](O[C@@H]3O[C@H](CO[C@H]4O[C@H](CO)[C@@H](O)[C@H](O)[C@@H]4O[C@@H]4O[C@H](CO)[C@@H](O)[C@H](O)[C@H]4NC(C)=O)[C@@H](O)[C@H](O[C@H]4O[C@H](CO)[C@@H](O)[C@H](O)[C@@H]4O)[C@@H]3O)[C@H](O)[C@H]2NC(C)=O)[C@@H](COO)O[C@H]1O. The van der Waals surface area contributed by atoms with Crippen LogP contribution in [0.1, 0.15) is 20.8 Å². The Morgan fingerprint density at radius 1 is 0.364 bits per heavy atom. The van der Waals surface area contributed by atoms with Crippen molar-refractivity contribution in [3.63, 3.8) is 0 Å². The predicted octanol–water partition coefficient (Wildman–Crippen LogP) is -13.2. The molecule has 35 nitrogen and oxygen atoms in total. The number of hydrogen-bond donors (Lipinski definition) is 20. The molecule has 6 aliphatic rings. The highest BCUT2D eigenvalue weighted by atomic mass is 17.1. The number of carbonyl (C=O) groups is 3. The van der Waals surface area contributed by atoms with Gasteiger partial charge in [0.2, 0.25) is 17.7 Å². The summed E-state index contributed by atoms with van der Waals surface area (Å²) in [6.45, 7) is -2.58. The number of aliphatic hydroxyl groups excluding tert-OH is 16. The zero-order valence-electron chi connectivity index (χ0n) is 41.3. The summed E-state index contributed by atoms with van der Waals surface area (Å²) in [7, 11) is 0. The van der Waals surface area contributed by atoms with Crippen LogP contribution >= 0.6 is 0 Å². The molecule has 20 N–H and O–H groups in total. The molecule has 0 bridgehead atoms. The third-order valence-corrected chi connectivity index (χ3v) is 13.7. The number of nitrogens with one attached hydrogen (secondary N) is 3. The van der Waals surface area contributed by atoms with Crippen LogP contribution in [0.25, 0.3) is 0 Å². The van der Waals surface area contributed by atoms with E-state index in [0.717, 1.165) is 20.8 Å². The molecule has 77 heavy (non-hydrogen) atoms. The Bertz CT molecular complexity index is 1890. The third kappa shape index (κ3) is 14.3. The molecule has 0 aromatic carbocycles. The molecule has 0 aromatic rings. The fraction of sp³-hybridized carbons (Fsp3) is 0.929. The first-order chi connectivity index (χ1) is 36.4. The van der Waals surface area contributed by atoms with Crippen molar-refractivity contribution in [2.75, 3.05) is 39.6 Å². The van der Waals surface area contributed by atoms with Gasteiger partial charge in [0.15, 0.2) is 37.7 Å². The van der Waals surface area contributed by atoms with Gasteiger partial charge in [-0.3, -0.25) is 19.6 Å². The Labute approximate surface area is 436 Å². The quantitative estimate of drug-likeness (QED) is 0.0398. The van der Waals surface area contributed by atoms with E-state index in [-0.39, 0.29) is 0 Å². The number of rotatable bonds is 20. The average molecular weight is 1130 g/mol. The smallest absolute Gasteiger partial charge is 0.217 e. The van der Waals surface area contributed by atoms with Crippen LogP contribution in [0.4, 0.5) is 0 Å². The maximum atomic E-state index is 12.6. The molecule has 0 radical (unpaired) electrons. The molecule has 0 aliphatic carbocycles. The van der Waals surface area contributed by atoms with E-state index in [9.17, 15) is 101 Å². The molecule has 446 valence electrons. The van der Waals surface area contributed by atoms with Crippen LogP contribution < -0.4 is 16.0 Å². The Morgan fingerprint density at radius 2 is 0.766 bits per heavy atom. The predicted molar refractivity (Wildman–Crippen MR) is 235 cm³/mol. The van der Waals surface area contributed by atoms with Gasteiger partial charge in [0.25, 0.3) is 0 Å². The lowest BCUT2D eigenvalue weighted by atomic mass is 9.94. The van der Waals surface area contributed by atoms with Gasteiger partial charge in [-0.2, -0.15) is 0 Å². The number of hydrogen-bond acceptors (Lipinski definition) is 32. The van der Waals surface area contributed by atoms with Crippen LogP contribution in [0.5, 0.6) is 0 Å². The normalized spacial score (nSPS) is 47.7. The van der Waals surface area contributed by atoms with Crippen molar-refractivity contribution in [3.05, 3.63) is 0 Å². The second-order valence-electron chi connectivity index (χ2n) is 19.1. The molecule has 0 aromatic heterocycles. The molecule has 6 aliphatic heterocycles. The summed E-state index contributed by atoms with van der Waals surface area (Å²) in [6.07, 6.45) is -52.0. The Morgan fingerprint density at radius 3 is 1.31 bits per heavy atom. The number of carbonyl (C=O) groups excluding carboxylic acids is 3. The van der Waals surface area contributed by atoms with Crippen molar-refractivity contribution in [3.8, 4) is 0 Å². The second kappa shape index (κ2) is 27.8. The fourth-order valence-electron chi connectivity index (χ4n) is 9.66. The molecule has 6 rings (SSSR count).